The highest BCUT2D eigenvalue weighted by atomic mass is 35.5. The van der Waals surface area contributed by atoms with Gasteiger partial charge in [-0.3, -0.25) is 9.59 Å². The molecular formula is C18H17ClN2O2. The summed E-state index contributed by atoms with van der Waals surface area (Å²) in [5, 5.41) is 3.45. The van der Waals surface area contributed by atoms with Crippen molar-refractivity contribution in [1.29, 1.82) is 0 Å². The van der Waals surface area contributed by atoms with E-state index in [9.17, 15) is 9.59 Å². The summed E-state index contributed by atoms with van der Waals surface area (Å²) in [5.41, 5.74) is 2.75. The Morgan fingerprint density at radius 1 is 1.22 bits per heavy atom. The predicted molar refractivity (Wildman–Crippen MR) is 92.2 cm³/mol. The molecule has 0 bridgehead atoms. The maximum atomic E-state index is 12.7. The van der Waals surface area contributed by atoms with E-state index in [1.54, 1.807) is 29.2 Å². The second-order valence-corrected chi connectivity index (χ2v) is 6.02. The molecule has 1 aliphatic rings. The van der Waals surface area contributed by atoms with E-state index >= 15 is 0 Å². The summed E-state index contributed by atoms with van der Waals surface area (Å²) < 4.78 is 0. The van der Waals surface area contributed by atoms with Crippen molar-refractivity contribution in [1.82, 2.24) is 0 Å². The highest BCUT2D eigenvalue weighted by Gasteiger charge is 2.25. The number of anilines is 2. The van der Waals surface area contributed by atoms with Crippen LogP contribution in [-0.2, 0) is 4.79 Å². The summed E-state index contributed by atoms with van der Waals surface area (Å²) in [5.74, 6) is -0.185. The highest BCUT2D eigenvalue weighted by molar-refractivity contribution is 6.31. The Balaban J connectivity index is 1.91. The van der Waals surface area contributed by atoms with Gasteiger partial charge in [-0.05, 0) is 43.2 Å². The largest absolute Gasteiger partial charge is 0.322 e. The van der Waals surface area contributed by atoms with Crippen molar-refractivity contribution >= 4 is 34.8 Å². The molecule has 1 heterocycles. The Bertz CT molecular complexity index is 773. The van der Waals surface area contributed by atoms with Crippen LogP contribution in [0.3, 0.4) is 0 Å². The molecule has 1 fully saturated rings. The first-order valence-corrected chi connectivity index (χ1v) is 7.91. The van der Waals surface area contributed by atoms with Gasteiger partial charge in [0.05, 0.1) is 11.3 Å². The van der Waals surface area contributed by atoms with Gasteiger partial charge in [0.2, 0.25) is 5.91 Å². The van der Waals surface area contributed by atoms with Crippen LogP contribution in [0.5, 0.6) is 0 Å². The summed E-state index contributed by atoms with van der Waals surface area (Å²) >= 11 is 6.00. The molecule has 0 aliphatic carbocycles. The number of nitrogens with one attached hydrogen (secondary N) is 1. The molecule has 1 aliphatic heterocycles. The monoisotopic (exact) mass is 328 g/mol. The molecule has 2 aromatic carbocycles. The molecule has 2 aromatic rings. The standard InChI is InChI=1S/C18H17ClN2O2/c1-12-8-9-13(19)11-15(12)20-18(23)14-5-2-3-6-16(14)21-10-4-7-17(21)22/h2-3,5-6,8-9,11H,4,7,10H2,1H3,(H,20,23). The van der Waals surface area contributed by atoms with E-state index < -0.39 is 0 Å². The van der Waals surface area contributed by atoms with Crippen LogP contribution in [0.25, 0.3) is 0 Å². The minimum atomic E-state index is -0.245. The van der Waals surface area contributed by atoms with Crippen LogP contribution in [0, 0.1) is 6.92 Å². The van der Waals surface area contributed by atoms with E-state index in [1.807, 2.05) is 25.1 Å². The van der Waals surface area contributed by atoms with E-state index in [1.165, 1.54) is 0 Å². The number of nitrogens with zero attached hydrogens (tertiary/aromatic N) is 1. The molecule has 0 spiro atoms. The quantitative estimate of drug-likeness (QED) is 0.924. The molecule has 2 amide bonds. The molecule has 118 valence electrons. The first-order chi connectivity index (χ1) is 11.1. The second kappa shape index (κ2) is 6.42. The fourth-order valence-electron chi connectivity index (χ4n) is 2.72. The van der Waals surface area contributed by atoms with Crippen LogP contribution in [-0.4, -0.2) is 18.4 Å². The van der Waals surface area contributed by atoms with Crippen molar-refractivity contribution in [2.45, 2.75) is 19.8 Å². The van der Waals surface area contributed by atoms with Crippen molar-refractivity contribution in [3.63, 3.8) is 0 Å². The summed E-state index contributed by atoms with van der Waals surface area (Å²) in [6.07, 6.45) is 1.35. The second-order valence-electron chi connectivity index (χ2n) is 5.58. The summed E-state index contributed by atoms with van der Waals surface area (Å²) in [6.45, 7) is 2.56. The molecule has 4 nitrogen and oxygen atoms in total. The minimum Gasteiger partial charge on any atom is -0.322 e. The SMILES string of the molecule is Cc1ccc(Cl)cc1NC(=O)c1ccccc1N1CCCC1=O. The van der Waals surface area contributed by atoms with Gasteiger partial charge in [0, 0.05) is 23.7 Å². The van der Waals surface area contributed by atoms with Crippen molar-refractivity contribution < 1.29 is 9.59 Å². The first-order valence-electron chi connectivity index (χ1n) is 7.53. The van der Waals surface area contributed by atoms with E-state index in [-0.39, 0.29) is 11.8 Å². The summed E-state index contributed by atoms with van der Waals surface area (Å²) in [7, 11) is 0. The molecule has 0 atom stereocenters. The predicted octanol–water partition coefficient (Wildman–Crippen LogP) is 4.03. The van der Waals surface area contributed by atoms with Crippen LogP contribution < -0.4 is 10.2 Å². The number of carbonyl (C=O) groups excluding carboxylic acids is 2. The van der Waals surface area contributed by atoms with Crippen LogP contribution in [0.2, 0.25) is 5.02 Å². The Morgan fingerprint density at radius 3 is 2.74 bits per heavy atom. The van der Waals surface area contributed by atoms with Gasteiger partial charge in [-0.1, -0.05) is 29.8 Å². The van der Waals surface area contributed by atoms with Crippen LogP contribution in [0.15, 0.2) is 42.5 Å². The van der Waals surface area contributed by atoms with Crippen molar-refractivity contribution in [3.05, 3.63) is 58.6 Å². The number of halogens is 1. The molecule has 0 saturated carbocycles. The average Bonchev–Trinajstić information content (AvgIpc) is 2.97. The zero-order chi connectivity index (χ0) is 16.4. The minimum absolute atomic E-state index is 0.0594. The molecule has 5 heteroatoms. The summed E-state index contributed by atoms with van der Waals surface area (Å²) in [6, 6.07) is 12.5. The van der Waals surface area contributed by atoms with E-state index in [0.717, 1.165) is 12.0 Å². The van der Waals surface area contributed by atoms with E-state index in [0.29, 0.717) is 34.9 Å². The number of amides is 2. The third kappa shape index (κ3) is 3.22. The number of hydrogen-bond acceptors (Lipinski definition) is 2. The lowest BCUT2D eigenvalue weighted by Crippen LogP contribution is -2.27. The average molecular weight is 329 g/mol. The van der Waals surface area contributed by atoms with Gasteiger partial charge in [0.15, 0.2) is 0 Å². The van der Waals surface area contributed by atoms with Gasteiger partial charge in [0.25, 0.3) is 5.91 Å². The number of para-hydroxylation sites is 1. The maximum Gasteiger partial charge on any atom is 0.257 e. The van der Waals surface area contributed by atoms with Gasteiger partial charge < -0.3 is 10.2 Å². The van der Waals surface area contributed by atoms with Gasteiger partial charge in [0.1, 0.15) is 0 Å². The fraction of sp³-hybridized carbons (Fsp3) is 0.222. The zero-order valence-corrected chi connectivity index (χ0v) is 13.6. The Kier molecular flexibility index (Phi) is 4.35. The van der Waals surface area contributed by atoms with Gasteiger partial charge in [-0.25, -0.2) is 0 Å². The third-order valence-electron chi connectivity index (χ3n) is 3.96. The molecule has 0 aromatic heterocycles. The number of rotatable bonds is 3. The topological polar surface area (TPSA) is 49.4 Å². The van der Waals surface area contributed by atoms with Gasteiger partial charge in [-0.2, -0.15) is 0 Å². The van der Waals surface area contributed by atoms with Crippen LogP contribution >= 0.6 is 11.6 Å². The molecule has 0 radical (unpaired) electrons. The Hall–Kier alpha value is -2.33. The lowest BCUT2D eigenvalue weighted by atomic mass is 10.1. The maximum absolute atomic E-state index is 12.7. The van der Waals surface area contributed by atoms with Gasteiger partial charge in [-0.15, -0.1) is 0 Å². The number of aryl methyl sites for hydroxylation is 1. The van der Waals surface area contributed by atoms with E-state index in [2.05, 4.69) is 5.32 Å². The van der Waals surface area contributed by atoms with Crippen LogP contribution in [0.1, 0.15) is 28.8 Å². The van der Waals surface area contributed by atoms with Gasteiger partial charge >= 0.3 is 0 Å². The first kappa shape index (κ1) is 15.6. The summed E-state index contributed by atoms with van der Waals surface area (Å²) in [4.78, 5) is 26.3. The number of hydrogen-bond donors (Lipinski definition) is 1. The van der Waals surface area contributed by atoms with E-state index in [4.69, 9.17) is 11.6 Å². The third-order valence-corrected chi connectivity index (χ3v) is 4.20. The zero-order valence-electron chi connectivity index (χ0n) is 12.8. The molecule has 3 rings (SSSR count). The number of benzene rings is 2. The Labute approximate surface area is 140 Å². The van der Waals surface area contributed by atoms with Crippen molar-refractivity contribution in [2.24, 2.45) is 0 Å². The number of carbonyl (C=O) groups is 2. The van der Waals surface area contributed by atoms with Crippen molar-refractivity contribution in [3.8, 4) is 0 Å². The lowest BCUT2D eigenvalue weighted by Gasteiger charge is -2.19. The normalized spacial score (nSPS) is 14.2. The molecule has 1 saturated heterocycles. The Morgan fingerprint density at radius 2 is 2.00 bits per heavy atom. The van der Waals surface area contributed by atoms with Crippen LogP contribution in [0.4, 0.5) is 11.4 Å². The smallest absolute Gasteiger partial charge is 0.257 e. The lowest BCUT2D eigenvalue weighted by molar-refractivity contribution is -0.117. The molecule has 23 heavy (non-hydrogen) atoms. The highest BCUT2D eigenvalue weighted by Crippen LogP contribution is 2.27. The molecular weight excluding hydrogens is 312 g/mol. The fourth-order valence-corrected chi connectivity index (χ4v) is 2.89. The molecule has 0 unspecified atom stereocenters. The molecule has 1 N–H and O–H groups in total. The van der Waals surface area contributed by atoms with Crippen molar-refractivity contribution in [2.75, 3.05) is 16.8 Å².